The summed E-state index contributed by atoms with van der Waals surface area (Å²) in [6, 6.07) is 18.3. The maximum absolute atomic E-state index is 13.1. The molecular weight excluding hydrogens is 362 g/mol. The molecule has 2 N–H and O–H groups in total. The second kappa shape index (κ2) is 8.09. The first-order valence-electron chi connectivity index (χ1n) is 9.94. The predicted octanol–water partition coefficient (Wildman–Crippen LogP) is 2.64. The molecule has 0 spiro atoms. The number of hydrogen-bond acceptors (Lipinski definition) is 5. The van der Waals surface area contributed by atoms with Crippen LogP contribution in [0.25, 0.3) is 5.70 Å². The van der Waals surface area contributed by atoms with Crippen LogP contribution in [0.3, 0.4) is 0 Å². The first kappa shape index (κ1) is 19.2. The average molecular weight is 390 g/mol. The highest BCUT2D eigenvalue weighted by Gasteiger charge is 2.28. The molecule has 0 aromatic heterocycles. The Morgan fingerprint density at radius 3 is 2.66 bits per heavy atom. The summed E-state index contributed by atoms with van der Waals surface area (Å²) in [5.74, 6) is 0.651. The van der Waals surface area contributed by atoms with E-state index >= 15 is 0 Å². The number of benzene rings is 2. The van der Waals surface area contributed by atoms with Gasteiger partial charge in [0, 0.05) is 35.9 Å². The first-order chi connectivity index (χ1) is 14.0. The van der Waals surface area contributed by atoms with Crippen molar-refractivity contribution < 1.29 is 4.79 Å². The first-order valence-corrected chi connectivity index (χ1v) is 9.94. The Hall–Kier alpha value is -3.12. The highest BCUT2D eigenvalue weighted by Crippen LogP contribution is 2.29. The number of likely N-dealkylation sites (tertiary alicyclic amines) is 1. The predicted molar refractivity (Wildman–Crippen MR) is 118 cm³/mol. The minimum absolute atomic E-state index is 0.0851. The van der Waals surface area contributed by atoms with Crippen LogP contribution in [0, 0.1) is 0 Å². The van der Waals surface area contributed by atoms with Crippen molar-refractivity contribution in [2.24, 2.45) is 10.7 Å². The minimum atomic E-state index is 0.0851. The summed E-state index contributed by atoms with van der Waals surface area (Å²) in [6.45, 7) is 2.09. The third-order valence-corrected chi connectivity index (χ3v) is 5.62. The fourth-order valence-corrected chi connectivity index (χ4v) is 3.91. The van der Waals surface area contributed by atoms with E-state index in [4.69, 9.17) is 5.73 Å². The SMILES string of the molecule is CN(C)C1CCN(C(=O)c2cccc(C3=CN=C(N)CN3c3ccccc3)c2)C1. The van der Waals surface area contributed by atoms with E-state index < -0.39 is 0 Å². The second-order valence-electron chi connectivity index (χ2n) is 7.79. The molecule has 29 heavy (non-hydrogen) atoms. The molecule has 0 saturated carbocycles. The molecule has 1 unspecified atom stereocenters. The van der Waals surface area contributed by atoms with Crippen molar-refractivity contribution in [1.29, 1.82) is 0 Å². The van der Waals surface area contributed by atoms with Gasteiger partial charge in [-0.25, -0.2) is 4.99 Å². The fraction of sp³-hybridized carbons (Fsp3) is 0.304. The Kier molecular flexibility index (Phi) is 5.36. The smallest absolute Gasteiger partial charge is 0.253 e. The molecule has 4 rings (SSSR count). The number of carbonyl (C=O) groups is 1. The van der Waals surface area contributed by atoms with Crippen LogP contribution in [-0.2, 0) is 0 Å². The van der Waals surface area contributed by atoms with Gasteiger partial charge in [0.05, 0.1) is 18.4 Å². The topological polar surface area (TPSA) is 65.2 Å². The van der Waals surface area contributed by atoms with Gasteiger partial charge in [-0.1, -0.05) is 30.3 Å². The van der Waals surface area contributed by atoms with E-state index in [-0.39, 0.29) is 5.91 Å². The monoisotopic (exact) mass is 389 g/mol. The molecule has 1 fully saturated rings. The number of carbonyl (C=O) groups excluding carboxylic acids is 1. The van der Waals surface area contributed by atoms with Crippen LogP contribution in [0.1, 0.15) is 22.3 Å². The molecule has 2 aliphatic heterocycles. The number of anilines is 1. The van der Waals surface area contributed by atoms with E-state index in [2.05, 4.69) is 28.9 Å². The van der Waals surface area contributed by atoms with E-state index in [9.17, 15) is 4.79 Å². The van der Waals surface area contributed by atoms with E-state index in [1.165, 1.54) is 0 Å². The lowest BCUT2D eigenvalue weighted by molar-refractivity contribution is 0.0783. The molecule has 0 radical (unpaired) electrons. The van der Waals surface area contributed by atoms with Gasteiger partial charge in [0.25, 0.3) is 5.91 Å². The Balaban J connectivity index is 1.61. The second-order valence-corrected chi connectivity index (χ2v) is 7.79. The standard InChI is InChI=1S/C23H27N5O/c1-26(2)20-11-12-27(15-20)23(29)18-8-6-7-17(13-18)21-14-25-22(24)16-28(21)19-9-4-3-5-10-19/h3-10,13-14,20H,11-12,15-16H2,1-2H3,(H2,24,25). The molecule has 1 amide bonds. The van der Waals surface area contributed by atoms with Gasteiger partial charge in [-0.2, -0.15) is 0 Å². The zero-order chi connectivity index (χ0) is 20.4. The zero-order valence-corrected chi connectivity index (χ0v) is 17.0. The van der Waals surface area contributed by atoms with Crippen LogP contribution >= 0.6 is 0 Å². The van der Waals surface area contributed by atoms with Gasteiger partial charge in [-0.3, -0.25) is 4.79 Å². The van der Waals surface area contributed by atoms with E-state index in [0.29, 0.717) is 24.0 Å². The highest BCUT2D eigenvalue weighted by atomic mass is 16.2. The Morgan fingerprint density at radius 2 is 1.93 bits per heavy atom. The van der Waals surface area contributed by atoms with Gasteiger partial charge in [0.15, 0.2) is 0 Å². The number of nitrogens with two attached hydrogens (primary N) is 1. The number of amidine groups is 1. The summed E-state index contributed by atoms with van der Waals surface area (Å²) >= 11 is 0. The van der Waals surface area contributed by atoms with Crippen LogP contribution in [0.2, 0.25) is 0 Å². The average Bonchev–Trinajstić information content (AvgIpc) is 3.24. The third-order valence-electron chi connectivity index (χ3n) is 5.62. The number of nitrogens with zero attached hydrogens (tertiary/aromatic N) is 4. The van der Waals surface area contributed by atoms with E-state index in [1.54, 1.807) is 6.20 Å². The summed E-state index contributed by atoms with van der Waals surface area (Å²) in [5, 5.41) is 0. The quantitative estimate of drug-likeness (QED) is 0.873. The summed E-state index contributed by atoms with van der Waals surface area (Å²) in [6.07, 6.45) is 2.80. The van der Waals surface area contributed by atoms with Crippen molar-refractivity contribution in [2.75, 3.05) is 38.6 Å². The lowest BCUT2D eigenvalue weighted by Crippen LogP contribution is -2.35. The van der Waals surface area contributed by atoms with Gasteiger partial charge < -0.3 is 20.4 Å². The van der Waals surface area contributed by atoms with Gasteiger partial charge in [0.2, 0.25) is 0 Å². The van der Waals surface area contributed by atoms with Crippen molar-refractivity contribution in [3.8, 4) is 0 Å². The molecule has 2 aromatic carbocycles. The lowest BCUT2D eigenvalue weighted by atomic mass is 10.1. The molecule has 150 valence electrons. The highest BCUT2D eigenvalue weighted by molar-refractivity contribution is 5.98. The Morgan fingerprint density at radius 1 is 1.14 bits per heavy atom. The summed E-state index contributed by atoms with van der Waals surface area (Å²) < 4.78 is 0. The van der Waals surface area contributed by atoms with Crippen molar-refractivity contribution in [3.05, 3.63) is 71.9 Å². The van der Waals surface area contributed by atoms with Crippen LogP contribution < -0.4 is 10.6 Å². The molecule has 2 heterocycles. The van der Waals surface area contributed by atoms with Gasteiger partial charge in [-0.05, 0) is 44.8 Å². The largest absolute Gasteiger partial charge is 0.386 e. The molecule has 6 nitrogen and oxygen atoms in total. The molecular formula is C23H27N5O. The molecule has 2 aliphatic rings. The zero-order valence-electron chi connectivity index (χ0n) is 17.0. The number of aliphatic imine (C=N–C) groups is 1. The summed E-state index contributed by atoms with van der Waals surface area (Å²) in [7, 11) is 4.14. The number of para-hydroxylation sites is 1. The fourth-order valence-electron chi connectivity index (χ4n) is 3.91. The van der Waals surface area contributed by atoms with Crippen molar-refractivity contribution in [1.82, 2.24) is 9.80 Å². The number of rotatable bonds is 4. The van der Waals surface area contributed by atoms with Crippen LogP contribution in [0.5, 0.6) is 0 Å². The van der Waals surface area contributed by atoms with Crippen molar-refractivity contribution >= 4 is 23.1 Å². The van der Waals surface area contributed by atoms with Crippen LogP contribution in [0.4, 0.5) is 5.69 Å². The molecule has 0 bridgehead atoms. The molecule has 1 atom stereocenters. The third kappa shape index (κ3) is 4.03. The van der Waals surface area contributed by atoms with Crippen LogP contribution in [0.15, 0.2) is 65.8 Å². The number of amides is 1. The maximum atomic E-state index is 13.1. The van der Waals surface area contributed by atoms with Crippen molar-refractivity contribution in [2.45, 2.75) is 12.5 Å². The minimum Gasteiger partial charge on any atom is -0.386 e. The molecule has 1 saturated heterocycles. The molecule has 2 aromatic rings. The molecule has 6 heteroatoms. The van der Waals surface area contributed by atoms with Gasteiger partial charge in [0.1, 0.15) is 5.84 Å². The maximum Gasteiger partial charge on any atom is 0.253 e. The van der Waals surface area contributed by atoms with Gasteiger partial charge in [-0.15, -0.1) is 0 Å². The van der Waals surface area contributed by atoms with Crippen LogP contribution in [-0.4, -0.2) is 61.3 Å². The summed E-state index contributed by atoms with van der Waals surface area (Å²) in [4.78, 5) is 23.7. The van der Waals surface area contributed by atoms with E-state index in [1.807, 2.05) is 59.5 Å². The number of likely N-dealkylation sites (N-methyl/N-ethyl adjacent to an activating group) is 1. The summed E-state index contributed by atoms with van der Waals surface area (Å²) in [5.41, 5.74) is 9.65. The lowest BCUT2D eigenvalue weighted by Gasteiger charge is -2.29. The molecule has 0 aliphatic carbocycles. The normalized spacial score (nSPS) is 19.3. The Labute approximate surface area is 171 Å². The van der Waals surface area contributed by atoms with Gasteiger partial charge >= 0.3 is 0 Å². The number of hydrogen-bond donors (Lipinski definition) is 1. The van der Waals surface area contributed by atoms with E-state index in [0.717, 1.165) is 36.5 Å². The van der Waals surface area contributed by atoms with Crippen molar-refractivity contribution in [3.63, 3.8) is 0 Å². The Bertz CT molecular complexity index is 951.